The van der Waals surface area contributed by atoms with Crippen molar-refractivity contribution in [3.05, 3.63) is 35.7 Å². The highest BCUT2D eigenvalue weighted by Gasteiger charge is 2.18. The number of hydrogen-bond donors (Lipinski definition) is 1. The molecule has 2 rings (SSSR count). The minimum absolute atomic E-state index is 0.317. The molecular formula is C17H22N4. The molecular weight excluding hydrogens is 260 g/mol. The van der Waals surface area contributed by atoms with Gasteiger partial charge in [0.15, 0.2) is 0 Å². The van der Waals surface area contributed by atoms with Crippen LogP contribution in [0.4, 0.5) is 5.82 Å². The minimum atomic E-state index is 0.317. The molecule has 0 aliphatic carbocycles. The van der Waals surface area contributed by atoms with E-state index in [-0.39, 0.29) is 0 Å². The molecule has 2 N–H and O–H groups in total. The summed E-state index contributed by atoms with van der Waals surface area (Å²) in [4.78, 5) is 4.74. The zero-order chi connectivity index (χ0) is 15.4. The van der Waals surface area contributed by atoms with Gasteiger partial charge in [-0.1, -0.05) is 39.3 Å². The van der Waals surface area contributed by atoms with E-state index < -0.39 is 0 Å². The molecule has 1 aromatic heterocycles. The number of rotatable bonds is 5. The van der Waals surface area contributed by atoms with Crippen molar-refractivity contribution < 1.29 is 0 Å². The van der Waals surface area contributed by atoms with Crippen molar-refractivity contribution >= 4 is 5.82 Å². The SMILES string of the molecule is CCCCn1c(C(C)C)nc(-c2cccc(C#N)c2)c1N. The van der Waals surface area contributed by atoms with Gasteiger partial charge < -0.3 is 10.3 Å². The molecule has 0 saturated heterocycles. The Morgan fingerprint density at radius 2 is 2.14 bits per heavy atom. The summed E-state index contributed by atoms with van der Waals surface area (Å²) in [7, 11) is 0. The normalized spacial score (nSPS) is 10.8. The molecule has 0 amide bonds. The van der Waals surface area contributed by atoms with Crippen LogP contribution in [0.25, 0.3) is 11.3 Å². The van der Waals surface area contributed by atoms with Gasteiger partial charge in [0.25, 0.3) is 0 Å². The van der Waals surface area contributed by atoms with Crippen LogP contribution in [0, 0.1) is 11.3 Å². The van der Waals surface area contributed by atoms with E-state index in [1.165, 1.54) is 0 Å². The Hall–Kier alpha value is -2.28. The number of nitrogens with two attached hydrogens (primary N) is 1. The fourth-order valence-corrected chi connectivity index (χ4v) is 2.42. The molecule has 0 aliphatic heterocycles. The second-order valence-electron chi connectivity index (χ2n) is 5.56. The molecule has 0 fully saturated rings. The molecule has 0 unspecified atom stereocenters. The molecule has 0 atom stereocenters. The van der Waals surface area contributed by atoms with E-state index in [1.807, 2.05) is 18.2 Å². The Morgan fingerprint density at radius 1 is 1.38 bits per heavy atom. The van der Waals surface area contributed by atoms with Crippen molar-refractivity contribution in [1.82, 2.24) is 9.55 Å². The Kier molecular flexibility index (Phi) is 4.64. The van der Waals surface area contributed by atoms with Crippen molar-refractivity contribution in [3.8, 4) is 17.3 Å². The highest BCUT2D eigenvalue weighted by Crippen LogP contribution is 2.30. The summed E-state index contributed by atoms with van der Waals surface area (Å²) in [5.74, 6) is 2.03. The second-order valence-corrected chi connectivity index (χ2v) is 5.56. The number of aromatic nitrogens is 2. The minimum Gasteiger partial charge on any atom is -0.383 e. The lowest BCUT2D eigenvalue weighted by atomic mass is 10.1. The van der Waals surface area contributed by atoms with Gasteiger partial charge in [-0.25, -0.2) is 4.98 Å². The molecule has 110 valence electrons. The largest absolute Gasteiger partial charge is 0.383 e. The Balaban J connectivity index is 2.51. The van der Waals surface area contributed by atoms with Gasteiger partial charge in [0.05, 0.1) is 11.6 Å². The Bertz CT molecular complexity index is 662. The molecule has 0 radical (unpaired) electrons. The van der Waals surface area contributed by atoms with E-state index in [0.717, 1.165) is 36.5 Å². The number of unbranched alkanes of at least 4 members (excludes halogenated alkanes) is 1. The Labute approximate surface area is 126 Å². The predicted molar refractivity (Wildman–Crippen MR) is 85.8 cm³/mol. The third-order valence-electron chi connectivity index (χ3n) is 3.55. The van der Waals surface area contributed by atoms with Gasteiger partial charge in [-0.3, -0.25) is 0 Å². The van der Waals surface area contributed by atoms with E-state index >= 15 is 0 Å². The first-order chi connectivity index (χ1) is 10.1. The van der Waals surface area contributed by atoms with Crippen LogP contribution in [0.1, 0.15) is 50.9 Å². The van der Waals surface area contributed by atoms with E-state index in [9.17, 15) is 0 Å². The number of imidazole rings is 1. The molecule has 0 saturated carbocycles. The summed E-state index contributed by atoms with van der Waals surface area (Å²) in [5, 5.41) is 9.04. The van der Waals surface area contributed by atoms with Crippen molar-refractivity contribution in [3.63, 3.8) is 0 Å². The zero-order valence-corrected chi connectivity index (χ0v) is 12.9. The summed E-state index contributed by atoms with van der Waals surface area (Å²) >= 11 is 0. The maximum atomic E-state index is 9.04. The van der Waals surface area contributed by atoms with E-state index in [0.29, 0.717) is 17.3 Å². The molecule has 0 bridgehead atoms. The number of hydrogen-bond acceptors (Lipinski definition) is 3. The zero-order valence-electron chi connectivity index (χ0n) is 12.9. The molecule has 1 heterocycles. The molecule has 0 spiro atoms. The van der Waals surface area contributed by atoms with Gasteiger partial charge in [0.2, 0.25) is 0 Å². The van der Waals surface area contributed by atoms with E-state index in [4.69, 9.17) is 16.0 Å². The quantitative estimate of drug-likeness (QED) is 0.903. The summed E-state index contributed by atoms with van der Waals surface area (Å²) in [6.45, 7) is 7.31. The topological polar surface area (TPSA) is 67.6 Å². The van der Waals surface area contributed by atoms with Gasteiger partial charge in [0, 0.05) is 18.0 Å². The number of anilines is 1. The maximum absolute atomic E-state index is 9.04. The van der Waals surface area contributed by atoms with Crippen LogP contribution in [0.2, 0.25) is 0 Å². The molecule has 2 aromatic rings. The molecule has 4 heteroatoms. The first-order valence-electron chi connectivity index (χ1n) is 7.44. The van der Waals surface area contributed by atoms with Gasteiger partial charge in [-0.05, 0) is 18.6 Å². The van der Waals surface area contributed by atoms with Crippen LogP contribution >= 0.6 is 0 Å². The average Bonchev–Trinajstić information content (AvgIpc) is 2.82. The average molecular weight is 282 g/mol. The van der Waals surface area contributed by atoms with Crippen molar-refractivity contribution in [1.29, 1.82) is 5.26 Å². The highest BCUT2D eigenvalue weighted by molar-refractivity contribution is 5.72. The van der Waals surface area contributed by atoms with Crippen molar-refractivity contribution in [2.45, 2.75) is 46.1 Å². The molecule has 1 aromatic carbocycles. The van der Waals surface area contributed by atoms with Crippen molar-refractivity contribution in [2.75, 3.05) is 5.73 Å². The van der Waals surface area contributed by atoms with Crippen LogP contribution in [-0.4, -0.2) is 9.55 Å². The monoisotopic (exact) mass is 282 g/mol. The maximum Gasteiger partial charge on any atom is 0.131 e. The Morgan fingerprint density at radius 3 is 2.76 bits per heavy atom. The lowest BCUT2D eigenvalue weighted by Gasteiger charge is -2.11. The lowest BCUT2D eigenvalue weighted by molar-refractivity contribution is 0.588. The second kappa shape index (κ2) is 6.45. The molecule has 4 nitrogen and oxygen atoms in total. The summed E-state index contributed by atoms with van der Waals surface area (Å²) in [6, 6.07) is 9.61. The van der Waals surface area contributed by atoms with Crippen LogP contribution in [0.3, 0.4) is 0 Å². The van der Waals surface area contributed by atoms with Crippen molar-refractivity contribution in [2.24, 2.45) is 0 Å². The summed E-state index contributed by atoms with van der Waals surface area (Å²) in [6.07, 6.45) is 2.20. The highest BCUT2D eigenvalue weighted by atomic mass is 15.1. The summed E-state index contributed by atoms with van der Waals surface area (Å²) in [5.41, 5.74) is 8.64. The number of nitriles is 1. The standard InChI is InChI=1S/C17H22N4/c1-4-5-9-21-16(19)15(20-17(21)12(2)3)14-8-6-7-13(10-14)11-18/h6-8,10,12H,4-5,9,19H2,1-3H3. The third kappa shape index (κ3) is 3.08. The lowest BCUT2D eigenvalue weighted by Crippen LogP contribution is -2.08. The van der Waals surface area contributed by atoms with Crippen LogP contribution < -0.4 is 5.73 Å². The van der Waals surface area contributed by atoms with Gasteiger partial charge in [-0.2, -0.15) is 5.26 Å². The van der Waals surface area contributed by atoms with Gasteiger partial charge in [-0.15, -0.1) is 0 Å². The smallest absolute Gasteiger partial charge is 0.131 e. The number of nitrogens with zero attached hydrogens (tertiary/aromatic N) is 3. The van der Waals surface area contributed by atoms with Crippen LogP contribution in [0.5, 0.6) is 0 Å². The predicted octanol–water partition coefficient (Wildman–Crippen LogP) is 3.93. The first-order valence-corrected chi connectivity index (χ1v) is 7.44. The van der Waals surface area contributed by atoms with E-state index in [1.54, 1.807) is 6.07 Å². The van der Waals surface area contributed by atoms with Gasteiger partial charge in [0.1, 0.15) is 17.3 Å². The third-order valence-corrected chi connectivity index (χ3v) is 3.55. The number of nitrogen functional groups attached to an aromatic ring is 1. The molecule has 21 heavy (non-hydrogen) atoms. The fraction of sp³-hybridized carbons (Fsp3) is 0.412. The van der Waals surface area contributed by atoms with Crippen LogP contribution in [0.15, 0.2) is 24.3 Å². The van der Waals surface area contributed by atoms with Gasteiger partial charge >= 0.3 is 0 Å². The van der Waals surface area contributed by atoms with Crippen LogP contribution in [-0.2, 0) is 6.54 Å². The number of benzene rings is 1. The fourth-order valence-electron chi connectivity index (χ4n) is 2.42. The first kappa shape index (κ1) is 15.1. The molecule has 0 aliphatic rings. The summed E-state index contributed by atoms with van der Waals surface area (Å²) < 4.78 is 2.11. The van der Waals surface area contributed by atoms with E-state index in [2.05, 4.69) is 31.4 Å².